The Hall–Kier alpha value is -2.31. The summed E-state index contributed by atoms with van der Waals surface area (Å²) in [6.45, 7) is 0. The first-order valence-electron chi connectivity index (χ1n) is 6.54. The van der Waals surface area contributed by atoms with Gasteiger partial charge < -0.3 is 15.9 Å². The van der Waals surface area contributed by atoms with E-state index in [1.54, 1.807) is 0 Å². The van der Waals surface area contributed by atoms with Crippen molar-refractivity contribution in [3.8, 4) is 5.88 Å². The van der Waals surface area contributed by atoms with Gasteiger partial charge in [0.25, 0.3) is 11.8 Å². The molecule has 0 aliphatic carbocycles. The maximum Gasteiger partial charge on any atom is 0.353 e. The normalized spacial score (nSPS) is 26.0. The van der Waals surface area contributed by atoms with Crippen LogP contribution < -0.4 is 11.3 Å². The largest absolute Gasteiger partial charge is 0.488 e. The molecule has 0 radical (unpaired) electrons. The van der Waals surface area contributed by atoms with E-state index in [9.17, 15) is 24.6 Å². The standard InChI is InChI=1S/C12H11N5O5S2/c1-16-6(14-7(18)8(19)15-16)4-2-24-11-12(13,3-23)10(22)17(11)5(4)9(20)21/h3,11H,2,13H2,1H3,(H,15,19)(H,20,21)/t11-,12?/m0/s1. The van der Waals surface area contributed by atoms with E-state index in [0.717, 1.165) is 14.9 Å². The Bertz CT molecular complexity index is 881. The zero-order valence-corrected chi connectivity index (χ0v) is 13.8. The highest BCUT2D eigenvalue weighted by Gasteiger charge is 2.61. The first-order chi connectivity index (χ1) is 11.2. The molecule has 1 saturated heterocycles. The van der Waals surface area contributed by atoms with Crippen molar-refractivity contribution in [2.75, 3.05) is 5.75 Å². The molecule has 24 heavy (non-hydrogen) atoms. The van der Waals surface area contributed by atoms with Gasteiger partial charge in [-0.25, -0.2) is 9.48 Å². The van der Waals surface area contributed by atoms with Crippen molar-refractivity contribution in [3.05, 3.63) is 21.9 Å². The Morgan fingerprint density at radius 1 is 1.54 bits per heavy atom. The second-order valence-electron chi connectivity index (χ2n) is 5.21. The number of carboxylic acids is 1. The molecule has 3 rings (SSSR count). The second kappa shape index (κ2) is 5.36. The van der Waals surface area contributed by atoms with Crippen molar-refractivity contribution < 1.29 is 19.8 Å². The van der Waals surface area contributed by atoms with Gasteiger partial charge in [0.05, 0.1) is 0 Å². The zero-order valence-electron chi connectivity index (χ0n) is 12.2. The van der Waals surface area contributed by atoms with Crippen molar-refractivity contribution in [2.24, 2.45) is 12.8 Å². The van der Waals surface area contributed by atoms with Gasteiger partial charge in [0, 0.05) is 23.7 Å². The van der Waals surface area contributed by atoms with Crippen molar-refractivity contribution in [1.82, 2.24) is 19.7 Å². The first kappa shape index (κ1) is 16.5. The fraction of sp³-hybridized carbons (Fsp3) is 0.333. The summed E-state index contributed by atoms with van der Waals surface area (Å²) >= 11 is 6.00. The third kappa shape index (κ3) is 2.07. The van der Waals surface area contributed by atoms with Crippen molar-refractivity contribution in [1.29, 1.82) is 0 Å². The average Bonchev–Trinajstić information content (AvgIpc) is 2.55. The van der Waals surface area contributed by atoms with E-state index in [0.29, 0.717) is 0 Å². The van der Waals surface area contributed by atoms with Crippen LogP contribution >= 0.6 is 24.0 Å². The van der Waals surface area contributed by atoms with Gasteiger partial charge in [0.1, 0.15) is 11.1 Å². The molecule has 2 aliphatic heterocycles. The smallest absolute Gasteiger partial charge is 0.353 e. The Labute approximate surface area is 144 Å². The van der Waals surface area contributed by atoms with Crippen LogP contribution in [0.1, 0.15) is 5.82 Å². The molecule has 10 nitrogen and oxygen atoms in total. The minimum absolute atomic E-state index is 0.0502. The number of fused-ring (bicyclic) bond motifs is 1. The summed E-state index contributed by atoms with van der Waals surface area (Å²) < 4.78 is 1.08. The van der Waals surface area contributed by atoms with Gasteiger partial charge in [-0.1, -0.05) is 12.2 Å². The number of carbonyl (C=O) groups is 2. The third-order valence-corrected chi connectivity index (χ3v) is 5.52. The molecule has 126 valence electrons. The van der Waals surface area contributed by atoms with E-state index in [2.05, 4.69) is 10.1 Å². The van der Waals surface area contributed by atoms with Gasteiger partial charge in [-0.05, 0) is 0 Å². The van der Waals surface area contributed by atoms with E-state index < -0.39 is 34.2 Å². The molecular formula is C12H11N5O5S2. The summed E-state index contributed by atoms with van der Waals surface area (Å²) in [6, 6.07) is 0. The van der Waals surface area contributed by atoms with Gasteiger partial charge in [0.15, 0.2) is 11.4 Å². The lowest BCUT2D eigenvalue weighted by atomic mass is 9.89. The molecule has 1 aromatic rings. The first-order valence-corrected chi connectivity index (χ1v) is 8.06. The molecule has 2 aliphatic rings. The Balaban J connectivity index is 2.19. The maximum atomic E-state index is 12.3. The molecule has 1 unspecified atom stereocenters. The van der Waals surface area contributed by atoms with Crippen molar-refractivity contribution >= 4 is 46.8 Å². The molecule has 3 heterocycles. The molecular weight excluding hydrogens is 358 g/mol. The summed E-state index contributed by atoms with van der Waals surface area (Å²) in [5, 5.41) is 22.9. The zero-order chi connectivity index (χ0) is 17.8. The van der Waals surface area contributed by atoms with Gasteiger partial charge in [-0.15, -0.1) is 16.9 Å². The van der Waals surface area contributed by atoms with E-state index in [1.807, 2.05) is 0 Å². The fourth-order valence-electron chi connectivity index (χ4n) is 2.60. The van der Waals surface area contributed by atoms with Crippen LogP contribution in [0.4, 0.5) is 0 Å². The number of aromatic nitrogens is 3. The summed E-state index contributed by atoms with van der Waals surface area (Å²) in [6.07, 6.45) is 0. The number of aromatic hydroxyl groups is 1. The SMILES string of the molecule is Cn1nc(O)c(=O)nc1C1=C(C(=O)O)N2C(=O)C(N)(C=S)[C@@H]2SC1. The van der Waals surface area contributed by atoms with Crippen LogP contribution in [-0.2, 0) is 16.6 Å². The number of nitrogens with two attached hydrogens (primary N) is 1. The van der Waals surface area contributed by atoms with E-state index >= 15 is 0 Å². The van der Waals surface area contributed by atoms with E-state index in [4.69, 9.17) is 18.0 Å². The number of thioether (sulfide) groups is 1. The van der Waals surface area contributed by atoms with Crippen molar-refractivity contribution in [3.63, 3.8) is 0 Å². The summed E-state index contributed by atoms with van der Waals surface area (Å²) in [4.78, 5) is 40.3. The summed E-state index contributed by atoms with van der Waals surface area (Å²) in [5.41, 5.74) is 3.33. The average molecular weight is 369 g/mol. The lowest BCUT2D eigenvalue weighted by Gasteiger charge is -2.53. The number of carbonyl (C=O) groups excluding carboxylic acids is 1. The highest BCUT2D eigenvalue weighted by Crippen LogP contribution is 2.46. The second-order valence-corrected chi connectivity index (χ2v) is 6.51. The lowest BCUT2D eigenvalue weighted by molar-refractivity contribution is -0.150. The molecule has 1 amide bonds. The van der Waals surface area contributed by atoms with Crippen molar-refractivity contribution in [2.45, 2.75) is 10.9 Å². The van der Waals surface area contributed by atoms with Crippen LogP contribution in [0.3, 0.4) is 0 Å². The molecule has 1 fully saturated rings. The van der Waals surface area contributed by atoms with Gasteiger partial charge in [-0.3, -0.25) is 14.5 Å². The summed E-state index contributed by atoms with van der Waals surface area (Å²) in [7, 11) is 1.40. The van der Waals surface area contributed by atoms with Gasteiger partial charge in [-0.2, -0.15) is 4.98 Å². The van der Waals surface area contributed by atoms with Gasteiger partial charge >= 0.3 is 11.5 Å². The highest BCUT2D eigenvalue weighted by molar-refractivity contribution is 8.00. The molecule has 2 atom stereocenters. The number of hydrogen-bond donors (Lipinski definition) is 3. The maximum absolute atomic E-state index is 12.3. The number of carboxylic acid groups (broad SMARTS) is 1. The number of β-lactam (4-membered cyclic amide) rings is 1. The van der Waals surface area contributed by atoms with Crippen LogP contribution in [0.5, 0.6) is 5.88 Å². The number of aryl methyl sites for hydroxylation is 1. The number of rotatable bonds is 3. The lowest BCUT2D eigenvalue weighted by Crippen LogP contribution is -2.78. The Kier molecular flexibility index (Phi) is 3.69. The predicted octanol–water partition coefficient (Wildman–Crippen LogP) is -1.71. The molecule has 12 heteroatoms. The Morgan fingerprint density at radius 2 is 2.21 bits per heavy atom. The highest BCUT2D eigenvalue weighted by atomic mass is 32.2. The number of amides is 1. The third-order valence-electron chi connectivity index (χ3n) is 3.76. The summed E-state index contributed by atoms with van der Waals surface area (Å²) in [5.74, 6) is -2.73. The minimum Gasteiger partial charge on any atom is -0.488 e. The minimum atomic E-state index is -1.40. The fourth-order valence-corrected chi connectivity index (χ4v) is 4.30. The van der Waals surface area contributed by atoms with Crippen LogP contribution in [0.15, 0.2) is 10.5 Å². The molecule has 0 bridgehead atoms. The van der Waals surface area contributed by atoms with E-state index in [1.165, 1.54) is 18.8 Å². The van der Waals surface area contributed by atoms with Crippen LogP contribution in [0, 0.1) is 0 Å². The number of hydrogen-bond acceptors (Lipinski definition) is 9. The number of nitrogens with zero attached hydrogens (tertiary/aromatic N) is 4. The van der Waals surface area contributed by atoms with Crippen LogP contribution in [0.2, 0.25) is 0 Å². The number of aliphatic carboxylic acids is 1. The van der Waals surface area contributed by atoms with Crippen LogP contribution in [0.25, 0.3) is 5.57 Å². The Morgan fingerprint density at radius 3 is 2.79 bits per heavy atom. The monoisotopic (exact) mass is 369 g/mol. The van der Waals surface area contributed by atoms with Gasteiger partial charge in [0.2, 0.25) is 0 Å². The quantitative estimate of drug-likeness (QED) is 0.415. The molecule has 4 N–H and O–H groups in total. The molecule has 0 spiro atoms. The molecule has 0 aromatic carbocycles. The van der Waals surface area contributed by atoms with E-state index in [-0.39, 0.29) is 22.8 Å². The predicted molar refractivity (Wildman–Crippen MR) is 87.2 cm³/mol. The van der Waals surface area contributed by atoms with Crippen LogP contribution in [-0.4, -0.2) is 63.8 Å². The topological polar surface area (TPSA) is 152 Å². The molecule has 1 aromatic heterocycles. The number of thiocarbonyl (C=S) groups is 1. The molecule has 0 saturated carbocycles.